The molecule has 1 fully saturated rings. The monoisotopic (exact) mass is 414 g/mol. The molecular weight excluding hydrogens is 392 g/mol. The summed E-state index contributed by atoms with van der Waals surface area (Å²) in [5, 5.41) is 17.1. The van der Waals surface area contributed by atoms with E-state index in [9.17, 15) is 14.9 Å². The Balaban J connectivity index is 1.74. The number of para-hydroxylation sites is 2. The molecule has 0 unspecified atom stereocenters. The van der Waals surface area contributed by atoms with Gasteiger partial charge in [-0.25, -0.2) is 0 Å². The number of anilines is 2. The Morgan fingerprint density at radius 3 is 2.59 bits per heavy atom. The number of methoxy groups -OCH3 is 1. The third-order valence-electron chi connectivity index (χ3n) is 4.71. The number of thiocarbonyl (C=S) groups is 1. The summed E-state index contributed by atoms with van der Waals surface area (Å²) in [6.07, 6.45) is 3.13. The van der Waals surface area contributed by atoms with Crippen molar-refractivity contribution in [2.24, 2.45) is 0 Å². The van der Waals surface area contributed by atoms with Gasteiger partial charge in [-0.2, -0.15) is 0 Å². The third-order valence-corrected chi connectivity index (χ3v) is 4.92. The zero-order valence-electron chi connectivity index (χ0n) is 16.0. The topological polar surface area (TPSA) is 96.7 Å². The first-order chi connectivity index (χ1) is 14.0. The van der Waals surface area contributed by atoms with Gasteiger partial charge in [0.05, 0.1) is 17.7 Å². The van der Waals surface area contributed by atoms with Gasteiger partial charge in [0.15, 0.2) is 5.11 Å². The summed E-state index contributed by atoms with van der Waals surface area (Å²) in [6.45, 7) is 1.55. The largest absolute Gasteiger partial charge is 0.495 e. The Morgan fingerprint density at radius 2 is 1.90 bits per heavy atom. The van der Waals surface area contributed by atoms with E-state index in [1.807, 2.05) is 11.0 Å². The molecule has 1 aliphatic rings. The first-order valence-electron chi connectivity index (χ1n) is 9.28. The molecule has 1 saturated heterocycles. The predicted octanol–water partition coefficient (Wildman–Crippen LogP) is 3.72. The highest BCUT2D eigenvalue weighted by atomic mass is 32.1. The fraction of sp³-hybridized carbons (Fsp3) is 0.300. The van der Waals surface area contributed by atoms with Gasteiger partial charge < -0.3 is 15.0 Å². The summed E-state index contributed by atoms with van der Waals surface area (Å²) in [5.74, 6) is 0.0521. The zero-order valence-corrected chi connectivity index (χ0v) is 16.8. The van der Waals surface area contributed by atoms with Gasteiger partial charge in [0.1, 0.15) is 11.4 Å². The molecule has 0 radical (unpaired) electrons. The average Bonchev–Trinajstić information content (AvgIpc) is 2.74. The first kappa shape index (κ1) is 20.5. The lowest BCUT2D eigenvalue weighted by Crippen LogP contribution is -2.34. The molecule has 0 aliphatic carbocycles. The Kier molecular flexibility index (Phi) is 6.61. The minimum Gasteiger partial charge on any atom is -0.495 e. The summed E-state index contributed by atoms with van der Waals surface area (Å²) < 4.78 is 5.23. The van der Waals surface area contributed by atoms with E-state index in [-0.39, 0.29) is 16.4 Å². The van der Waals surface area contributed by atoms with E-state index in [0.717, 1.165) is 32.4 Å². The fourth-order valence-electron chi connectivity index (χ4n) is 3.29. The minimum atomic E-state index is -0.523. The molecule has 29 heavy (non-hydrogen) atoms. The lowest BCUT2D eigenvalue weighted by Gasteiger charge is -2.28. The Labute approximate surface area is 174 Å². The molecule has 2 N–H and O–H groups in total. The molecule has 3 rings (SSSR count). The number of piperidine rings is 1. The van der Waals surface area contributed by atoms with E-state index < -0.39 is 10.8 Å². The van der Waals surface area contributed by atoms with Gasteiger partial charge in [0.25, 0.3) is 11.6 Å². The number of hydrogen-bond acceptors (Lipinski definition) is 6. The summed E-state index contributed by atoms with van der Waals surface area (Å²) in [5.41, 5.74) is 1.23. The number of nitrogens with zero attached hydrogens (tertiary/aromatic N) is 2. The quantitative estimate of drug-likeness (QED) is 0.437. The zero-order chi connectivity index (χ0) is 20.8. The van der Waals surface area contributed by atoms with Crippen LogP contribution in [0.25, 0.3) is 0 Å². The number of hydrogen-bond donors (Lipinski definition) is 2. The number of ether oxygens (including phenoxy) is 1. The highest BCUT2D eigenvalue weighted by molar-refractivity contribution is 7.80. The van der Waals surface area contributed by atoms with Gasteiger partial charge in [-0.1, -0.05) is 12.1 Å². The van der Waals surface area contributed by atoms with Crippen molar-refractivity contribution in [3.05, 3.63) is 58.1 Å². The second-order valence-electron chi connectivity index (χ2n) is 6.62. The summed E-state index contributed by atoms with van der Waals surface area (Å²) >= 11 is 5.19. The van der Waals surface area contributed by atoms with Crippen LogP contribution in [0.1, 0.15) is 29.6 Å². The summed E-state index contributed by atoms with van der Waals surface area (Å²) in [4.78, 5) is 25.7. The van der Waals surface area contributed by atoms with Gasteiger partial charge >= 0.3 is 0 Å². The molecular formula is C20H22N4O4S. The van der Waals surface area contributed by atoms with Crippen molar-refractivity contribution in [3.8, 4) is 5.75 Å². The Morgan fingerprint density at radius 1 is 1.17 bits per heavy atom. The molecule has 0 saturated carbocycles. The maximum atomic E-state index is 12.6. The Bertz CT molecular complexity index is 928. The Hall–Kier alpha value is -3.20. The van der Waals surface area contributed by atoms with Crippen LogP contribution in [-0.4, -0.2) is 36.1 Å². The van der Waals surface area contributed by atoms with Crippen LogP contribution in [0, 0.1) is 10.1 Å². The third kappa shape index (κ3) is 5.00. The maximum Gasteiger partial charge on any atom is 0.293 e. The van der Waals surface area contributed by atoms with Crippen LogP contribution in [0.5, 0.6) is 5.75 Å². The van der Waals surface area contributed by atoms with Crippen LogP contribution in [0.15, 0.2) is 42.5 Å². The van der Waals surface area contributed by atoms with Gasteiger partial charge in [0.2, 0.25) is 0 Å². The van der Waals surface area contributed by atoms with Crippen LogP contribution >= 0.6 is 12.2 Å². The van der Waals surface area contributed by atoms with E-state index >= 15 is 0 Å². The number of nitrogens with one attached hydrogen (secondary N) is 2. The second-order valence-corrected chi connectivity index (χ2v) is 7.03. The molecule has 0 bridgehead atoms. The smallest absolute Gasteiger partial charge is 0.293 e. The van der Waals surface area contributed by atoms with Crippen molar-refractivity contribution in [2.75, 3.05) is 30.4 Å². The van der Waals surface area contributed by atoms with Gasteiger partial charge in [-0.15, -0.1) is 0 Å². The van der Waals surface area contributed by atoms with E-state index in [4.69, 9.17) is 17.0 Å². The van der Waals surface area contributed by atoms with E-state index in [1.165, 1.54) is 13.2 Å². The molecule has 2 aromatic rings. The number of carbonyl (C=O) groups excluding carboxylic acids is 1. The van der Waals surface area contributed by atoms with Crippen molar-refractivity contribution < 1.29 is 14.5 Å². The van der Waals surface area contributed by atoms with Crippen LogP contribution in [0.4, 0.5) is 17.1 Å². The van der Waals surface area contributed by atoms with Gasteiger partial charge in [-0.05, 0) is 55.7 Å². The summed E-state index contributed by atoms with van der Waals surface area (Å²) in [7, 11) is 1.53. The molecule has 152 valence electrons. The van der Waals surface area contributed by atoms with Gasteiger partial charge in [0, 0.05) is 24.7 Å². The molecule has 1 aliphatic heterocycles. The molecule has 0 spiro atoms. The molecule has 0 atom stereocenters. The van der Waals surface area contributed by atoms with Crippen molar-refractivity contribution in [3.63, 3.8) is 0 Å². The lowest BCUT2D eigenvalue weighted by molar-refractivity contribution is -0.384. The number of nitro groups is 1. The van der Waals surface area contributed by atoms with Crippen molar-refractivity contribution in [1.29, 1.82) is 0 Å². The van der Waals surface area contributed by atoms with Crippen LogP contribution in [0.2, 0.25) is 0 Å². The second kappa shape index (κ2) is 9.33. The lowest BCUT2D eigenvalue weighted by atomic mass is 10.1. The molecule has 1 amide bonds. The highest BCUT2D eigenvalue weighted by Crippen LogP contribution is 2.31. The molecule has 2 aromatic carbocycles. The average molecular weight is 414 g/mol. The number of amides is 1. The van der Waals surface area contributed by atoms with Crippen LogP contribution < -0.4 is 20.3 Å². The first-order valence-corrected chi connectivity index (χ1v) is 9.69. The van der Waals surface area contributed by atoms with E-state index in [2.05, 4.69) is 10.6 Å². The van der Waals surface area contributed by atoms with Gasteiger partial charge in [-0.3, -0.25) is 20.2 Å². The normalized spacial score (nSPS) is 13.5. The molecule has 8 nitrogen and oxygen atoms in total. The number of benzene rings is 2. The number of carbonyl (C=O) groups is 1. The minimum absolute atomic E-state index is 0.0715. The fourth-order valence-corrected chi connectivity index (χ4v) is 3.49. The van der Waals surface area contributed by atoms with Crippen molar-refractivity contribution in [2.45, 2.75) is 19.3 Å². The maximum absolute atomic E-state index is 12.6. The molecule has 1 heterocycles. The van der Waals surface area contributed by atoms with E-state index in [0.29, 0.717) is 17.1 Å². The number of rotatable bonds is 5. The SMILES string of the molecule is COc1ccccc1NC(=S)NC(=O)c1ccc(N2CCCCC2)c([N+](=O)[O-])c1. The van der Waals surface area contributed by atoms with Crippen molar-refractivity contribution in [1.82, 2.24) is 5.32 Å². The standard InChI is InChI=1S/C20H22N4O4S/c1-28-18-8-4-3-7-15(18)21-20(29)22-19(25)14-9-10-16(17(13-14)24(26)27)23-11-5-2-6-12-23/h3-4,7-10,13H,2,5-6,11-12H2,1H3,(H2,21,22,25,29). The van der Waals surface area contributed by atoms with Crippen LogP contribution in [-0.2, 0) is 0 Å². The van der Waals surface area contributed by atoms with Crippen molar-refractivity contribution >= 4 is 40.3 Å². The van der Waals surface area contributed by atoms with E-state index in [1.54, 1.807) is 30.3 Å². The molecule has 9 heteroatoms. The molecule has 0 aromatic heterocycles. The van der Waals surface area contributed by atoms with Crippen LogP contribution in [0.3, 0.4) is 0 Å². The highest BCUT2D eigenvalue weighted by Gasteiger charge is 2.23. The summed E-state index contributed by atoms with van der Waals surface area (Å²) in [6, 6.07) is 11.6. The predicted molar refractivity (Wildman–Crippen MR) is 116 cm³/mol. The number of nitro benzene ring substituents is 1.